The highest BCUT2D eigenvalue weighted by Crippen LogP contribution is 2.42. The Bertz CT molecular complexity index is 1160. The fraction of sp³-hybridized carbons (Fsp3) is 0.667. The lowest BCUT2D eigenvalue weighted by atomic mass is 10.1. The van der Waals surface area contributed by atoms with Crippen molar-refractivity contribution in [2.24, 2.45) is 5.92 Å². The molecule has 13 heteroatoms. The number of piperazine rings is 1. The van der Waals surface area contributed by atoms with Gasteiger partial charge in [-0.05, 0) is 32.8 Å². The maximum Gasteiger partial charge on any atom is 0.435 e. The van der Waals surface area contributed by atoms with Crippen LogP contribution in [0.4, 0.5) is 13.2 Å². The SMILES string of the molecule is CCn1cc(S(=O)(=O)N2CCN(C(=O)C(C)Cn3nc(C(F)(F)F)cc3C3CC3)CC2)c(C)n1. The van der Waals surface area contributed by atoms with E-state index in [0.29, 0.717) is 17.9 Å². The van der Waals surface area contributed by atoms with Crippen LogP contribution in [0, 0.1) is 12.8 Å². The molecule has 188 valence electrons. The van der Waals surface area contributed by atoms with Crippen molar-refractivity contribution in [2.75, 3.05) is 26.2 Å². The Balaban J connectivity index is 1.40. The summed E-state index contributed by atoms with van der Waals surface area (Å²) in [6.45, 7) is 6.51. The van der Waals surface area contributed by atoms with E-state index in [2.05, 4.69) is 10.2 Å². The first-order valence-corrected chi connectivity index (χ1v) is 12.8. The minimum Gasteiger partial charge on any atom is -0.340 e. The van der Waals surface area contributed by atoms with Gasteiger partial charge in [-0.1, -0.05) is 6.92 Å². The van der Waals surface area contributed by atoms with Crippen molar-refractivity contribution in [3.63, 3.8) is 0 Å². The van der Waals surface area contributed by atoms with Crippen LogP contribution in [0.3, 0.4) is 0 Å². The van der Waals surface area contributed by atoms with Gasteiger partial charge in [-0.2, -0.15) is 27.7 Å². The summed E-state index contributed by atoms with van der Waals surface area (Å²) in [6, 6.07) is 1.08. The monoisotopic (exact) mass is 502 g/mol. The summed E-state index contributed by atoms with van der Waals surface area (Å²) in [5.74, 6) is -0.760. The van der Waals surface area contributed by atoms with Crippen molar-refractivity contribution in [1.29, 1.82) is 0 Å². The summed E-state index contributed by atoms with van der Waals surface area (Å²) in [5.41, 5.74) is 0.0123. The predicted octanol–water partition coefficient (Wildman–Crippen LogP) is 2.47. The molecule has 1 saturated carbocycles. The number of nitrogens with zero attached hydrogens (tertiary/aromatic N) is 6. The lowest BCUT2D eigenvalue weighted by Crippen LogP contribution is -2.52. The van der Waals surface area contributed by atoms with Crippen molar-refractivity contribution in [1.82, 2.24) is 28.8 Å². The molecule has 2 fully saturated rings. The summed E-state index contributed by atoms with van der Waals surface area (Å²) >= 11 is 0. The second-order valence-corrected chi connectivity index (χ2v) is 10.9. The normalized spacial score (nSPS) is 18.9. The topological polar surface area (TPSA) is 93.3 Å². The van der Waals surface area contributed by atoms with Crippen molar-refractivity contribution in [3.8, 4) is 0 Å². The number of rotatable bonds is 7. The van der Waals surface area contributed by atoms with Gasteiger partial charge < -0.3 is 4.90 Å². The first-order valence-electron chi connectivity index (χ1n) is 11.4. The van der Waals surface area contributed by atoms with E-state index in [0.717, 1.165) is 18.9 Å². The Morgan fingerprint density at radius 1 is 1.18 bits per heavy atom. The molecular weight excluding hydrogens is 473 g/mol. The van der Waals surface area contributed by atoms with E-state index < -0.39 is 27.8 Å². The lowest BCUT2D eigenvalue weighted by molar-refractivity contribution is -0.141. The number of aryl methyl sites for hydroxylation is 2. The van der Waals surface area contributed by atoms with Gasteiger partial charge in [0.25, 0.3) is 0 Å². The molecule has 34 heavy (non-hydrogen) atoms. The summed E-state index contributed by atoms with van der Waals surface area (Å²) in [7, 11) is -3.73. The van der Waals surface area contributed by atoms with Crippen LogP contribution in [0.1, 0.15) is 49.7 Å². The van der Waals surface area contributed by atoms with Crippen LogP contribution in [0.25, 0.3) is 0 Å². The van der Waals surface area contributed by atoms with Crippen LogP contribution in [-0.4, -0.2) is 69.3 Å². The Kier molecular flexibility index (Phi) is 6.53. The number of hydrogen-bond acceptors (Lipinski definition) is 5. The Morgan fingerprint density at radius 3 is 2.35 bits per heavy atom. The van der Waals surface area contributed by atoms with E-state index in [-0.39, 0.29) is 49.4 Å². The third kappa shape index (κ3) is 4.85. The van der Waals surface area contributed by atoms with Crippen LogP contribution >= 0.6 is 0 Å². The van der Waals surface area contributed by atoms with Crippen molar-refractivity contribution >= 4 is 15.9 Å². The average Bonchev–Trinajstić information content (AvgIpc) is 3.41. The number of sulfonamides is 1. The second kappa shape index (κ2) is 8.99. The molecule has 1 saturated heterocycles. The lowest BCUT2D eigenvalue weighted by Gasteiger charge is -2.35. The molecule has 1 aliphatic carbocycles. The van der Waals surface area contributed by atoms with Gasteiger partial charge in [0.2, 0.25) is 15.9 Å². The molecule has 0 N–H and O–H groups in total. The molecule has 0 spiro atoms. The first kappa shape index (κ1) is 24.7. The zero-order valence-corrected chi connectivity index (χ0v) is 20.2. The first-order chi connectivity index (χ1) is 15.9. The van der Waals surface area contributed by atoms with Gasteiger partial charge in [0, 0.05) is 50.5 Å². The number of aromatic nitrogens is 4. The smallest absolute Gasteiger partial charge is 0.340 e. The maximum atomic E-state index is 13.1. The molecule has 1 aliphatic heterocycles. The van der Waals surface area contributed by atoms with Crippen molar-refractivity contribution < 1.29 is 26.4 Å². The molecule has 1 unspecified atom stereocenters. The summed E-state index contributed by atoms with van der Waals surface area (Å²) in [4.78, 5) is 14.7. The van der Waals surface area contributed by atoms with E-state index in [1.54, 1.807) is 23.4 Å². The third-order valence-electron chi connectivity index (χ3n) is 6.36. The summed E-state index contributed by atoms with van der Waals surface area (Å²) < 4.78 is 69.8. The fourth-order valence-corrected chi connectivity index (χ4v) is 5.87. The highest BCUT2D eigenvalue weighted by Gasteiger charge is 2.39. The van der Waals surface area contributed by atoms with E-state index in [1.807, 2.05) is 6.92 Å². The zero-order valence-electron chi connectivity index (χ0n) is 19.4. The molecule has 0 bridgehead atoms. The minimum atomic E-state index is -4.53. The Hall–Kier alpha value is -2.41. The zero-order chi connectivity index (χ0) is 24.8. The highest BCUT2D eigenvalue weighted by atomic mass is 32.2. The molecule has 1 amide bonds. The van der Waals surface area contributed by atoms with Crippen LogP contribution in [-0.2, 0) is 34.1 Å². The molecule has 1 atom stereocenters. The van der Waals surface area contributed by atoms with Crippen molar-refractivity contribution in [3.05, 3.63) is 29.3 Å². The Labute approximate surface area is 196 Å². The number of hydrogen-bond donors (Lipinski definition) is 0. The quantitative estimate of drug-likeness (QED) is 0.580. The van der Waals surface area contributed by atoms with Crippen LogP contribution in [0.15, 0.2) is 17.2 Å². The molecule has 0 radical (unpaired) electrons. The largest absolute Gasteiger partial charge is 0.435 e. The molecule has 0 aromatic carbocycles. The van der Waals surface area contributed by atoms with Gasteiger partial charge in [-0.25, -0.2) is 8.42 Å². The van der Waals surface area contributed by atoms with Crippen LogP contribution in [0.5, 0.6) is 0 Å². The maximum absolute atomic E-state index is 13.1. The number of alkyl halides is 3. The van der Waals surface area contributed by atoms with E-state index in [1.165, 1.54) is 15.2 Å². The minimum absolute atomic E-state index is 0.0503. The van der Waals surface area contributed by atoms with E-state index in [4.69, 9.17) is 0 Å². The van der Waals surface area contributed by atoms with Crippen LogP contribution < -0.4 is 0 Å². The van der Waals surface area contributed by atoms with Gasteiger partial charge >= 0.3 is 6.18 Å². The van der Waals surface area contributed by atoms with E-state index in [9.17, 15) is 26.4 Å². The number of carbonyl (C=O) groups is 1. The molecule has 2 aromatic rings. The number of carbonyl (C=O) groups excluding carboxylic acids is 1. The Morgan fingerprint density at radius 2 is 1.82 bits per heavy atom. The predicted molar refractivity (Wildman–Crippen MR) is 116 cm³/mol. The van der Waals surface area contributed by atoms with Gasteiger partial charge in [0.1, 0.15) is 4.90 Å². The van der Waals surface area contributed by atoms with Gasteiger partial charge in [-0.15, -0.1) is 0 Å². The molecule has 2 aromatic heterocycles. The van der Waals surface area contributed by atoms with Gasteiger partial charge in [-0.3, -0.25) is 14.2 Å². The number of amides is 1. The molecule has 4 rings (SSSR count). The highest BCUT2D eigenvalue weighted by molar-refractivity contribution is 7.89. The standard InChI is InChI=1S/C21H29F3N6O3S/c1-4-28-13-18(15(3)25-28)34(32,33)29-9-7-27(8-10-29)20(31)14(2)12-30-17(16-5-6-16)11-19(26-30)21(22,23)24/h11,13-14,16H,4-10,12H2,1-3H3. The van der Waals surface area contributed by atoms with Gasteiger partial charge in [0.05, 0.1) is 18.2 Å². The third-order valence-corrected chi connectivity index (χ3v) is 8.36. The average molecular weight is 503 g/mol. The molecule has 9 nitrogen and oxygen atoms in total. The molecule has 2 aliphatic rings. The summed E-state index contributed by atoms with van der Waals surface area (Å²) in [6.07, 6.45) is -1.38. The van der Waals surface area contributed by atoms with Crippen LogP contribution in [0.2, 0.25) is 0 Å². The molecule has 3 heterocycles. The number of halogens is 3. The van der Waals surface area contributed by atoms with Crippen molar-refractivity contribution in [2.45, 2.75) is 63.7 Å². The second-order valence-electron chi connectivity index (χ2n) is 8.97. The fourth-order valence-electron chi connectivity index (χ4n) is 4.28. The summed E-state index contributed by atoms with van der Waals surface area (Å²) in [5, 5.41) is 7.94. The van der Waals surface area contributed by atoms with E-state index >= 15 is 0 Å². The van der Waals surface area contributed by atoms with Gasteiger partial charge in [0.15, 0.2) is 5.69 Å². The molecular formula is C21H29F3N6O3S.